The van der Waals surface area contributed by atoms with Crippen LogP contribution in [0.3, 0.4) is 0 Å². The van der Waals surface area contributed by atoms with Crippen molar-refractivity contribution in [3.05, 3.63) is 41.7 Å². The highest BCUT2D eigenvalue weighted by Gasteiger charge is 2.27. The van der Waals surface area contributed by atoms with E-state index in [0.29, 0.717) is 0 Å². The Morgan fingerprint density at radius 3 is 2.75 bits per heavy atom. The Balaban J connectivity index is 2.04. The summed E-state index contributed by atoms with van der Waals surface area (Å²) in [4.78, 5) is 14.1. The molecule has 0 unspecified atom stereocenters. The van der Waals surface area contributed by atoms with Gasteiger partial charge in [0.15, 0.2) is 0 Å². The van der Waals surface area contributed by atoms with Gasteiger partial charge in [0.05, 0.1) is 0 Å². The van der Waals surface area contributed by atoms with Crippen molar-refractivity contribution in [1.82, 2.24) is 4.90 Å². The molecule has 2 rings (SSSR count). The van der Waals surface area contributed by atoms with E-state index in [1.54, 1.807) is 24.3 Å². The molecule has 1 aromatic carbocycles. The van der Waals surface area contributed by atoms with Crippen LogP contribution < -0.4 is 5.73 Å². The fraction of sp³-hybridized carbons (Fsp3) is 0.438. The van der Waals surface area contributed by atoms with Gasteiger partial charge in [-0.25, -0.2) is 4.39 Å². The molecule has 108 valence electrons. The zero-order valence-corrected chi connectivity index (χ0v) is 11.8. The first-order chi connectivity index (χ1) is 9.58. The number of halogens is 1. The molecule has 4 heteroatoms. The smallest absolute Gasteiger partial charge is 0.246 e. The van der Waals surface area contributed by atoms with E-state index < -0.39 is 0 Å². The normalized spacial score (nSPS) is 21.1. The topological polar surface area (TPSA) is 46.3 Å². The molecule has 2 atom stereocenters. The lowest BCUT2D eigenvalue weighted by Gasteiger charge is -2.37. The lowest BCUT2D eigenvalue weighted by atomic mass is 9.97. The Kier molecular flexibility index (Phi) is 4.90. The maximum Gasteiger partial charge on any atom is 0.246 e. The van der Waals surface area contributed by atoms with E-state index in [1.165, 1.54) is 12.1 Å². The number of carbonyl (C=O) groups is 1. The maximum atomic E-state index is 12.8. The van der Waals surface area contributed by atoms with Crippen molar-refractivity contribution in [3.63, 3.8) is 0 Å². The summed E-state index contributed by atoms with van der Waals surface area (Å²) in [7, 11) is 0. The third-order valence-electron chi connectivity index (χ3n) is 3.73. The Morgan fingerprint density at radius 1 is 1.40 bits per heavy atom. The SMILES string of the molecule is C[C@H](N)[C@@H]1CCCCN1C(=O)/C=C/c1ccc(F)cc1. The number of nitrogens with zero attached hydrogens (tertiary/aromatic N) is 1. The Bertz CT molecular complexity index is 482. The average molecular weight is 276 g/mol. The van der Waals surface area contributed by atoms with Crippen LogP contribution in [0.25, 0.3) is 6.08 Å². The third kappa shape index (κ3) is 3.67. The molecule has 3 nitrogen and oxygen atoms in total. The fourth-order valence-electron chi connectivity index (χ4n) is 2.61. The van der Waals surface area contributed by atoms with Crippen molar-refractivity contribution in [2.24, 2.45) is 5.73 Å². The van der Waals surface area contributed by atoms with Gasteiger partial charge in [0.25, 0.3) is 0 Å². The molecule has 2 N–H and O–H groups in total. The van der Waals surface area contributed by atoms with Crippen molar-refractivity contribution < 1.29 is 9.18 Å². The summed E-state index contributed by atoms with van der Waals surface area (Å²) in [6.07, 6.45) is 6.38. The highest BCUT2D eigenvalue weighted by molar-refractivity contribution is 5.92. The van der Waals surface area contributed by atoms with Crippen molar-refractivity contribution >= 4 is 12.0 Å². The molecule has 1 aliphatic rings. The number of likely N-dealkylation sites (tertiary alicyclic amines) is 1. The summed E-state index contributed by atoms with van der Waals surface area (Å²) < 4.78 is 12.8. The summed E-state index contributed by atoms with van der Waals surface area (Å²) in [5, 5.41) is 0. The molecule has 0 radical (unpaired) electrons. The second-order valence-corrected chi connectivity index (χ2v) is 5.34. The number of nitrogens with two attached hydrogens (primary N) is 1. The van der Waals surface area contributed by atoms with Crippen LogP contribution in [0.4, 0.5) is 4.39 Å². The molecule has 0 bridgehead atoms. The molecule has 1 aromatic rings. The van der Waals surface area contributed by atoms with Gasteiger partial charge in [0, 0.05) is 24.7 Å². The Hall–Kier alpha value is -1.68. The van der Waals surface area contributed by atoms with Crippen molar-refractivity contribution in [3.8, 4) is 0 Å². The number of carbonyl (C=O) groups excluding carboxylic acids is 1. The van der Waals surface area contributed by atoms with E-state index in [0.717, 1.165) is 31.4 Å². The summed E-state index contributed by atoms with van der Waals surface area (Å²) in [6, 6.07) is 6.18. The van der Waals surface area contributed by atoms with Gasteiger partial charge in [-0.05, 0) is 50.0 Å². The molecule has 1 heterocycles. The van der Waals surface area contributed by atoms with E-state index in [-0.39, 0.29) is 23.8 Å². The monoisotopic (exact) mass is 276 g/mol. The van der Waals surface area contributed by atoms with Crippen LogP contribution in [0, 0.1) is 5.82 Å². The van der Waals surface area contributed by atoms with Crippen LogP contribution in [0.5, 0.6) is 0 Å². The number of rotatable bonds is 3. The van der Waals surface area contributed by atoms with Gasteiger partial charge < -0.3 is 10.6 Å². The van der Waals surface area contributed by atoms with Crippen LogP contribution in [-0.2, 0) is 4.79 Å². The van der Waals surface area contributed by atoms with E-state index in [2.05, 4.69) is 0 Å². The fourth-order valence-corrected chi connectivity index (χ4v) is 2.61. The van der Waals surface area contributed by atoms with E-state index >= 15 is 0 Å². The summed E-state index contributed by atoms with van der Waals surface area (Å²) in [6.45, 7) is 2.71. The first-order valence-corrected chi connectivity index (χ1v) is 7.08. The number of hydrogen-bond donors (Lipinski definition) is 1. The molecule has 1 saturated heterocycles. The second kappa shape index (κ2) is 6.66. The molecule has 0 aromatic heterocycles. The number of hydrogen-bond acceptors (Lipinski definition) is 2. The predicted octanol–water partition coefficient (Wildman–Crippen LogP) is 2.57. The van der Waals surface area contributed by atoms with Gasteiger partial charge in [-0.15, -0.1) is 0 Å². The molecule has 20 heavy (non-hydrogen) atoms. The Morgan fingerprint density at radius 2 is 2.10 bits per heavy atom. The van der Waals surface area contributed by atoms with Crippen LogP contribution in [0.15, 0.2) is 30.3 Å². The highest BCUT2D eigenvalue weighted by atomic mass is 19.1. The maximum absolute atomic E-state index is 12.8. The second-order valence-electron chi connectivity index (χ2n) is 5.34. The van der Waals surface area contributed by atoms with Gasteiger partial charge >= 0.3 is 0 Å². The molecule has 1 fully saturated rings. The summed E-state index contributed by atoms with van der Waals surface area (Å²) >= 11 is 0. The van der Waals surface area contributed by atoms with Crippen molar-refractivity contribution in [1.29, 1.82) is 0 Å². The number of benzene rings is 1. The average Bonchev–Trinajstić information content (AvgIpc) is 2.46. The van der Waals surface area contributed by atoms with E-state index in [4.69, 9.17) is 5.73 Å². The molecular weight excluding hydrogens is 255 g/mol. The summed E-state index contributed by atoms with van der Waals surface area (Å²) in [5.74, 6) is -0.294. The highest BCUT2D eigenvalue weighted by Crippen LogP contribution is 2.19. The van der Waals surface area contributed by atoms with Gasteiger partial charge in [0.1, 0.15) is 5.82 Å². The van der Waals surface area contributed by atoms with Gasteiger partial charge in [-0.1, -0.05) is 12.1 Å². The zero-order valence-electron chi connectivity index (χ0n) is 11.8. The largest absolute Gasteiger partial charge is 0.335 e. The lowest BCUT2D eigenvalue weighted by molar-refractivity contribution is -0.129. The predicted molar refractivity (Wildman–Crippen MR) is 78.4 cm³/mol. The van der Waals surface area contributed by atoms with Crippen molar-refractivity contribution in [2.45, 2.75) is 38.3 Å². The van der Waals surface area contributed by atoms with E-state index in [9.17, 15) is 9.18 Å². The van der Waals surface area contributed by atoms with Gasteiger partial charge in [-0.3, -0.25) is 4.79 Å². The number of amides is 1. The van der Waals surface area contributed by atoms with Gasteiger partial charge in [-0.2, -0.15) is 0 Å². The molecule has 0 aliphatic carbocycles. The van der Waals surface area contributed by atoms with Crippen molar-refractivity contribution in [2.75, 3.05) is 6.54 Å². The molecule has 0 spiro atoms. The molecule has 1 amide bonds. The van der Waals surface area contributed by atoms with Crippen LogP contribution in [0.2, 0.25) is 0 Å². The third-order valence-corrected chi connectivity index (χ3v) is 3.73. The minimum atomic E-state index is -0.276. The molecule has 1 aliphatic heterocycles. The van der Waals surface area contributed by atoms with Crippen LogP contribution in [0.1, 0.15) is 31.7 Å². The quantitative estimate of drug-likeness (QED) is 0.862. The summed E-state index contributed by atoms with van der Waals surface area (Å²) in [5.41, 5.74) is 6.77. The first kappa shape index (κ1) is 14.7. The van der Waals surface area contributed by atoms with E-state index in [1.807, 2.05) is 11.8 Å². The minimum absolute atomic E-state index is 0.0153. The number of piperidine rings is 1. The Labute approximate surface area is 119 Å². The van der Waals surface area contributed by atoms with Gasteiger partial charge in [0.2, 0.25) is 5.91 Å². The zero-order chi connectivity index (χ0) is 14.5. The molecule has 0 saturated carbocycles. The molecular formula is C16H21FN2O. The van der Waals surface area contributed by atoms with Crippen LogP contribution in [-0.4, -0.2) is 29.4 Å². The first-order valence-electron chi connectivity index (χ1n) is 7.08. The standard InChI is InChI=1S/C16H21FN2O/c1-12(18)15-4-2-3-11-19(15)16(20)10-7-13-5-8-14(17)9-6-13/h5-10,12,15H,2-4,11,18H2,1H3/b10-7+/t12-,15-/m0/s1. The minimum Gasteiger partial charge on any atom is -0.335 e. The van der Waals surface area contributed by atoms with Crippen LogP contribution >= 0.6 is 0 Å². The lowest BCUT2D eigenvalue weighted by Crippen LogP contribution is -2.51.